The van der Waals surface area contributed by atoms with Crippen LogP contribution in [0.2, 0.25) is 0 Å². The molecule has 0 radical (unpaired) electrons. The van der Waals surface area contributed by atoms with Crippen LogP contribution in [0.3, 0.4) is 0 Å². The summed E-state index contributed by atoms with van der Waals surface area (Å²) < 4.78 is 0. The predicted molar refractivity (Wildman–Crippen MR) is 113 cm³/mol. The zero-order valence-corrected chi connectivity index (χ0v) is 17.3. The summed E-state index contributed by atoms with van der Waals surface area (Å²) in [6.07, 6.45) is 5.32. The van der Waals surface area contributed by atoms with Crippen molar-refractivity contribution in [3.63, 3.8) is 0 Å². The number of amides is 2. The lowest BCUT2D eigenvalue weighted by Crippen LogP contribution is -2.41. The molecule has 2 fully saturated rings. The van der Waals surface area contributed by atoms with Gasteiger partial charge in [-0.15, -0.1) is 0 Å². The number of aryl methyl sites for hydroxylation is 2. The number of benzene rings is 1. The van der Waals surface area contributed by atoms with Gasteiger partial charge in [0.15, 0.2) is 0 Å². The van der Waals surface area contributed by atoms with E-state index in [-0.39, 0.29) is 23.1 Å². The number of rotatable bonds is 5. The van der Waals surface area contributed by atoms with Gasteiger partial charge in [-0.2, -0.15) is 0 Å². The average Bonchev–Trinajstić information content (AvgIpc) is 3.44. The van der Waals surface area contributed by atoms with Crippen molar-refractivity contribution in [2.75, 3.05) is 19.6 Å². The van der Waals surface area contributed by atoms with Crippen molar-refractivity contribution in [1.82, 2.24) is 15.2 Å². The molecule has 1 aromatic carbocycles. The van der Waals surface area contributed by atoms with Crippen molar-refractivity contribution < 1.29 is 9.59 Å². The molecular formula is C24H29N3O2. The molecule has 2 aromatic rings. The summed E-state index contributed by atoms with van der Waals surface area (Å²) in [7, 11) is 0. The first-order chi connectivity index (χ1) is 14.0. The SMILES string of the molecule is Cc1ccc(C)c(C(=O)N2CCC3(CC2)CC3C(=O)NCCc2ccccn2)c1. The summed E-state index contributed by atoms with van der Waals surface area (Å²) in [5.74, 6) is 0.387. The molecule has 4 rings (SSSR count). The summed E-state index contributed by atoms with van der Waals surface area (Å²) in [5.41, 5.74) is 4.04. The van der Waals surface area contributed by atoms with Crippen LogP contribution in [0.1, 0.15) is 46.4 Å². The van der Waals surface area contributed by atoms with Gasteiger partial charge >= 0.3 is 0 Å². The van der Waals surface area contributed by atoms with Crippen molar-refractivity contribution in [2.45, 2.75) is 39.5 Å². The van der Waals surface area contributed by atoms with Crippen LogP contribution in [0.15, 0.2) is 42.6 Å². The van der Waals surface area contributed by atoms with Crippen LogP contribution in [-0.2, 0) is 11.2 Å². The first-order valence-electron chi connectivity index (χ1n) is 10.5. The monoisotopic (exact) mass is 391 g/mol. The Labute approximate surface area is 172 Å². The van der Waals surface area contributed by atoms with Crippen LogP contribution in [0.25, 0.3) is 0 Å². The van der Waals surface area contributed by atoms with Gasteiger partial charge in [0.25, 0.3) is 5.91 Å². The first-order valence-corrected chi connectivity index (χ1v) is 10.5. The minimum Gasteiger partial charge on any atom is -0.355 e. The normalized spacial score (nSPS) is 19.8. The lowest BCUT2D eigenvalue weighted by atomic mass is 9.90. The Kier molecular flexibility index (Phi) is 5.39. The Hall–Kier alpha value is -2.69. The fourth-order valence-corrected chi connectivity index (χ4v) is 4.55. The lowest BCUT2D eigenvalue weighted by Gasteiger charge is -2.33. The molecule has 0 bridgehead atoms. The summed E-state index contributed by atoms with van der Waals surface area (Å²) in [6.45, 7) is 6.11. The number of pyridine rings is 1. The quantitative estimate of drug-likeness (QED) is 0.851. The Bertz CT molecular complexity index is 902. The molecule has 1 saturated heterocycles. The lowest BCUT2D eigenvalue weighted by molar-refractivity contribution is -0.123. The third-order valence-electron chi connectivity index (χ3n) is 6.58. The van der Waals surface area contributed by atoms with E-state index in [1.807, 2.05) is 55.1 Å². The smallest absolute Gasteiger partial charge is 0.254 e. The number of likely N-dealkylation sites (tertiary alicyclic amines) is 1. The number of piperidine rings is 1. The molecule has 1 unspecified atom stereocenters. The average molecular weight is 392 g/mol. The third-order valence-corrected chi connectivity index (χ3v) is 6.58. The molecule has 152 valence electrons. The molecule has 5 heteroatoms. The molecule has 1 spiro atoms. The standard InChI is InChI=1S/C24H29N3O2/c1-17-6-7-18(2)20(15-17)23(29)27-13-9-24(10-14-27)16-21(24)22(28)26-12-8-19-5-3-4-11-25-19/h3-7,11,15,21H,8-10,12-14,16H2,1-2H3,(H,26,28). The van der Waals surface area contributed by atoms with Gasteiger partial charge in [-0.3, -0.25) is 14.6 Å². The first kappa shape index (κ1) is 19.6. The van der Waals surface area contributed by atoms with Crippen LogP contribution in [0.4, 0.5) is 0 Å². The highest BCUT2D eigenvalue weighted by molar-refractivity contribution is 5.96. The van der Waals surface area contributed by atoms with E-state index >= 15 is 0 Å². The van der Waals surface area contributed by atoms with E-state index in [4.69, 9.17) is 0 Å². The number of hydrogen-bond donors (Lipinski definition) is 1. The number of aromatic nitrogens is 1. The van der Waals surface area contributed by atoms with E-state index in [9.17, 15) is 9.59 Å². The summed E-state index contributed by atoms with van der Waals surface area (Å²) in [5, 5.41) is 3.08. The molecule has 1 N–H and O–H groups in total. The van der Waals surface area contributed by atoms with Gasteiger partial charge in [-0.25, -0.2) is 0 Å². The van der Waals surface area contributed by atoms with E-state index in [2.05, 4.69) is 10.3 Å². The molecule has 2 amide bonds. The molecule has 29 heavy (non-hydrogen) atoms. The number of hydrogen-bond acceptors (Lipinski definition) is 3. The number of nitrogens with one attached hydrogen (secondary N) is 1. The van der Waals surface area contributed by atoms with Gasteiger partial charge < -0.3 is 10.2 Å². The molecule has 1 aliphatic heterocycles. The second-order valence-corrected chi connectivity index (χ2v) is 8.59. The van der Waals surface area contributed by atoms with Crippen molar-refractivity contribution in [2.24, 2.45) is 11.3 Å². The maximum atomic E-state index is 12.9. The summed E-state index contributed by atoms with van der Waals surface area (Å²) in [6, 6.07) is 11.9. The Morgan fingerprint density at radius 1 is 1.17 bits per heavy atom. The van der Waals surface area contributed by atoms with Crippen LogP contribution in [-0.4, -0.2) is 41.3 Å². The fourth-order valence-electron chi connectivity index (χ4n) is 4.55. The van der Waals surface area contributed by atoms with Crippen molar-refractivity contribution >= 4 is 11.8 Å². The van der Waals surface area contributed by atoms with E-state index in [0.29, 0.717) is 6.54 Å². The van der Waals surface area contributed by atoms with Gasteiger partial charge in [0, 0.05) is 49.4 Å². The van der Waals surface area contributed by atoms with E-state index in [1.165, 1.54) is 0 Å². The molecule has 1 atom stereocenters. The molecule has 1 aromatic heterocycles. The van der Waals surface area contributed by atoms with Crippen LogP contribution >= 0.6 is 0 Å². The Balaban J connectivity index is 1.27. The molecular weight excluding hydrogens is 362 g/mol. The third kappa shape index (κ3) is 4.19. The van der Waals surface area contributed by atoms with Gasteiger partial charge in [0.2, 0.25) is 5.91 Å². The molecule has 1 saturated carbocycles. The minimum absolute atomic E-state index is 0.101. The zero-order valence-electron chi connectivity index (χ0n) is 17.3. The fraction of sp³-hybridized carbons (Fsp3) is 0.458. The maximum Gasteiger partial charge on any atom is 0.254 e. The van der Waals surface area contributed by atoms with Gasteiger partial charge in [0.1, 0.15) is 0 Å². The zero-order chi connectivity index (χ0) is 20.4. The van der Waals surface area contributed by atoms with Gasteiger partial charge in [0.05, 0.1) is 0 Å². The van der Waals surface area contributed by atoms with Crippen LogP contribution < -0.4 is 5.32 Å². The van der Waals surface area contributed by atoms with E-state index in [1.54, 1.807) is 6.20 Å². The summed E-state index contributed by atoms with van der Waals surface area (Å²) >= 11 is 0. The highest BCUT2D eigenvalue weighted by atomic mass is 16.2. The Morgan fingerprint density at radius 3 is 2.69 bits per heavy atom. The molecule has 1 aliphatic carbocycles. The number of nitrogens with zero attached hydrogens (tertiary/aromatic N) is 2. The van der Waals surface area contributed by atoms with Crippen LogP contribution in [0, 0.1) is 25.2 Å². The number of carbonyl (C=O) groups is 2. The van der Waals surface area contributed by atoms with Crippen molar-refractivity contribution in [1.29, 1.82) is 0 Å². The van der Waals surface area contributed by atoms with Crippen molar-refractivity contribution in [3.8, 4) is 0 Å². The molecule has 2 heterocycles. The highest BCUT2D eigenvalue weighted by Crippen LogP contribution is 2.59. The largest absolute Gasteiger partial charge is 0.355 e. The van der Waals surface area contributed by atoms with E-state index in [0.717, 1.165) is 61.2 Å². The second-order valence-electron chi connectivity index (χ2n) is 8.59. The summed E-state index contributed by atoms with van der Waals surface area (Å²) in [4.78, 5) is 31.8. The van der Waals surface area contributed by atoms with Crippen LogP contribution in [0.5, 0.6) is 0 Å². The van der Waals surface area contributed by atoms with Crippen molar-refractivity contribution in [3.05, 3.63) is 65.0 Å². The second kappa shape index (κ2) is 7.97. The number of carbonyl (C=O) groups excluding carboxylic acids is 2. The Morgan fingerprint density at radius 2 is 1.97 bits per heavy atom. The maximum absolute atomic E-state index is 12.9. The van der Waals surface area contributed by atoms with E-state index < -0.39 is 0 Å². The van der Waals surface area contributed by atoms with Gasteiger partial charge in [-0.05, 0) is 62.3 Å². The topological polar surface area (TPSA) is 62.3 Å². The van der Waals surface area contributed by atoms with Gasteiger partial charge in [-0.1, -0.05) is 23.8 Å². The molecule has 5 nitrogen and oxygen atoms in total. The predicted octanol–water partition coefficient (Wildman–Crippen LogP) is 3.30. The molecule has 2 aliphatic rings. The highest BCUT2D eigenvalue weighted by Gasteiger charge is 2.58. The minimum atomic E-state index is 0.101.